The van der Waals surface area contributed by atoms with Crippen molar-refractivity contribution in [3.8, 4) is 0 Å². The average Bonchev–Trinajstić information content (AvgIpc) is 3.11. The first-order valence-electron chi connectivity index (χ1n) is 8.33. The number of nitrogens with one attached hydrogen (secondary N) is 2. The van der Waals surface area contributed by atoms with Gasteiger partial charge in [-0.05, 0) is 73.9 Å². The van der Waals surface area contributed by atoms with Gasteiger partial charge in [0, 0.05) is 18.1 Å². The summed E-state index contributed by atoms with van der Waals surface area (Å²) in [6.45, 7) is 3.59. The van der Waals surface area contributed by atoms with Gasteiger partial charge in [-0.2, -0.15) is 11.3 Å². The first-order valence-corrected chi connectivity index (χ1v) is 9.28. The number of hydrogen-bond acceptors (Lipinski definition) is 3. The fourth-order valence-corrected chi connectivity index (χ4v) is 4.79. The van der Waals surface area contributed by atoms with E-state index in [0.717, 1.165) is 18.0 Å². The van der Waals surface area contributed by atoms with Crippen LogP contribution in [0.25, 0.3) is 0 Å². The van der Waals surface area contributed by atoms with Crippen molar-refractivity contribution in [2.45, 2.75) is 70.0 Å². The topological polar surface area (TPSA) is 24.1 Å². The van der Waals surface area contributed by atoms with Gasteiger partial charge in [-0.3, -0.25) is 0 Å². The highest BCUT2D eigenvalue weighted by atomic mass is 32.1. The van der Waals surface area contributed by atoms with E-state index in [2.05, 4.69) is 34.4 Å². The van der Waals surface area contributed by atoms with Gasteiger partial charge in [0.15, 0.2) is 0 Å². The van der Waals surface area contributed by atoms with Crippen molar-refractivity contribution >= 4 is 11.3 Å². The van der Waals surface area contributed by atoms with E-state index in [1.807, 2.05) is 11.3 Å². The molecule has 1 saturated carbocycles. The van der Waals surface area contributed by atoms with Crippen LogP contribution in [-0.4, -0.2) is 24.7 Å². The fraction of sp³-hybridized carbons (Fsp3) is 0.765. The summed E-state index contributed by atoms with van der Waals surface area (Å²) < 4.78 is 0. The summed E-state index contributed by atoms with van der Waals surface area (Å²) in [5, 5.41) is 12.2. The molecule has 4 unspecified atom stereocenters. The number of rotatable bonds is 5. The maximum Gasteiger partial charge on any atom is 0.0113 e. The molecular formula is C17H28N2S. The molecule has 3 heteroatoms. The van der Waals surface area contributed by atoms with E-state index in [0.29, 0.717) is 6.04 Å². The highest BCUT2D eigenvalue weighted by Gasteiger charge is 2.33. The molecule has 0 spiro atoms. The quantitative estimate of drug-likeness (QED) is 0.867. The molecular weight excluding hydrogens is 264 g/mol. The minimum Gasteiger partial charge on any atom is -0.314 e. The summed E-state index contributed by atoms with van der Waals surface area (Å²) in [6.07, 6.45) is 9.56. The van der Waals surface area contributed by atoms with Gasteiger partial charge in [0.05, 0.1) is 0 Å². The predicted molar refractivity (Wildman–Crippen MR) is 87.4 cm³/mol. The van der Waals surface area contributed by atoms with Gasteiger partial charge in [-0.1, -0.05) is 12.8 Å². The first kappa shape index (κ1) is 14.6. The van der Waals surface area contributed by atoms with Crippen LogP contribution < -0.4 is 10.6 Å². The molecule has 0 amide bonds. The molecule has 1 aromatic heterocycles. The van der Waals surface area contributed by atoms with Crippen LogP contribution >= 0.6 is 11.3 Å². The van der Waals surface area contributed by atoms with E-state index < -0.39 is 0 Å². The zero-order valence-electron chi connectivity index (χ0n) is 12.6. The van der Waals surface area contributed by atoms with Gasteiger partial charge in [0.25, 0.3) is 0 Å². The lowest BCUT2D eigenvalue weighted by Crippen LogP contribution is -2.50. The molecule has 1 aliphatic heterocycles. The van der Waals surface area contributed by atoms with Gasteiger partial charge >= 0.3 is 0 Å². The lowest BCUT2D eigenvalue weighted by Gasteiger charge is -2.38. The summed E-state index contributed by atoms with van der Waals surface area (Å²) in [7, 11) is 0. The third-order valence-electron chi connectivity index (χ3n) is 5.06. The van der Waals surface area contributed by atoms with Crippen LogP contribution in [0.15, 0.2) is 16.8 Å². The molecule has 2 aliphatic rings. The zero-order chi connectivity index (χ0) is 13.8. The summed E-state index contributed by atoms with van der Waals surface area (Å²) in [5.41, 5.74) is 1.49. The van der Waals surface area contributed by atoms with E-state index in [1.54, 1.807) is 0 Å². The van der Waals surface area contributed by atoms with Crippen molar-refractivity contribution in [1.82, 2.24) is 10.6 Å². The Hall–Kier alpha value is -0.380. The highest BCUT2D eigenvalue weighted by molar-refractivity contribution is 7.07. The fourth-order valence-electron chi connectivity index (χ4n) is 4.11. The summed E-state index contributed by atoms with van der Waals surface area (Å²) in [6, 6.07) is 4.37. The Kier molecular flexibility index (Phi) is 5.14. The van der Waals surface area contributed by atoms with E-state index in [9.17, 15) is 0 Å². The molecule has 3 rings (SSSR count). The highest BCUT2D eigenvalue weighted by Crippen LogP contribution is 2.31. The molecule has 4 atom stereocenters. The van der Waals surface area contributed by atoms with Crippen LogP contribution in [0.1, 0.15) is 51.0 Å². The molecule has 2 nitrogen and oxygen atoms in total. The van der Waals surface area contributed by atoms with Gasteiger partial charge in [-0.25, -0.2) is 0 Å². The van der Waals surface area contributed by atoms with E-state index in [-0.39, 0.29) is 0 Å². The van der Waals surface area contributed by atoms with E-state index >= 15 is 0 Å². The Labute approximate surface area is 127 Å². The van der Waals surface area contributed by atoms with Gasteiger partial charge in [0.1, 0.15) is 0 Å². The van der Waals surface area contributed by atoms with Crippen LogP contribution in [0.4, 0.5) is 0 Å². The van der Waals surface area contributed by atoms with Gasteiger partial charge in [-0.15, -0.1) is 0 Å². The number of hydrogen-bond donors (Lipinski definition) is 2. The molecule has 2 fully saturated rings. The van der Waals surface area contributed by atoms with Gasteiger partial charge in [0.2, 0.25) is 0 Å². The van der Waals surface area contributed by atoms with E-state index in [1.165, 1.54) is 57.1 Å². The Morgan fingerprint density at radius 3 is 2.95 bits per heavy atom. The molecule has 0 aromatic carbocycles. The SMILES string of the molecule is CC(Cc1ccsc1)NC1CCCCC1C1CCCN1. The van der Waals surface area contributed by atoms with Crippen LogP contribution in [0.2, 0.25) is 0 Å². The maximum atomic E-state index is 3.95. The van der Waals surface area contributed by atoms with E-state index in [4.69, 9.17) is 0 Å². The second-order valence-corrected chi connectivity index (χ2v) is 7.44. The molecule has 1 aliphatic carbocycles. The molecule has 112 valence electrons. The van der Waals surface area contributed by atoms with Crippen molar-refractivity contribution in [2.24, 2.45) is 5.92 Å². The molecule has 1 saturated heterocycles. The third kappa shape index (κ3) is 3.63. The molecule has 2 N–H and O–H groups in total. The van der Waals surface area contributed by atoms with Crippen molar-refractivity contribution in [2.75, 3.05) is 6.54 Å². The molecule has 1 aromatic rings. The normalized spacial score (nSPS) is 32.4. The summed E-state index contributed by atoms with van der Waals surface area (Å²) in [4.78, 5) is 0. The minimum absolute atomic E-state index is 0.594. The van der Waals surface area contributed by atoms with Crippen LogP contribution in [-0.2, 0) is 6.42 Å². The second kappa shape index (κ2) is 7.06. The maximum absolute atomic E-state index is 3.95. The molecule has 2 heterocycles. The monoisotopic (exact) mass is 292 g/mol. The molecule has 0 bridgehead atoms. The van der Waals surface area contributed by atoms with Crippen molar-refractivity contribution in [3.63, 3.8) is 0 Å². The largest absolute Gasteiger partial charge is 0.314 e. The van der Waals surface area contributed by atoms with Crippen molar-refractivity contribution < 1.29 is 0 Å². The first-order chi connectivity index (χ1) is 9.83. The van der Waals surface area contributed by atoms with Crippen molar-refractivity contribution in [1.29, 1.82) is 0 Å². The third-order valence-corrected chi connectivity index (χ3v) is 5.79. The minimum atomic E-state index is 0.594. The van der Waals surface area contributed by atoms with Crippen molar-refractivity contribution in [3.05, 3.63) is 22.4 Å². The second-order valence-electron chi connectivity index (χ2n) is 6.66. The van der Waals surface area contributed by atoms with Gasteiger partial charge < -0.3 is 10.6 Å². The van der Waals surface area contributed by atoms with Crippen LogP contribution in [0, 0.1) is 5.92 Å². The average molecular weight is 292 g/mol. The standard InChI is InChI=1S/C17H28N2S/c1-13(11-14-8-10-20-12-14)19-17-6-3-2-5-15(17)16-7-4-9-18-16/h8,10,12-13,15-19H,2-7,9,11H2,1H3. The molecule has 0 radical (unpaired) electrons. The summed E-state index contributed by atoms with van der Waals surface area (Å²) >= 11 is 1.81. The Morgan fingerprint density at radius 1 is 1.30 bits per heavy atom. The Morgan fingerprint density at radius 2 is 2.20 bits per heavy atom. The molecule has 20 heavy (non-hydrogen) atoms. The predicted octanol–water partition coefficient (Wildman–Crippen LogP) is 3.58. The van der Waals surface area contributed by atoms with Crippen LogP contribution in [0.5, 0.6) is 0 Å². The summed E-state index contributed by atoms with van der Waals surface area (Å²) in [5.74, 6) is 0.858. The Bertz CT molecular complexity index is 384. The zero-order valence-corrected chi connectivity index (χ0v) is 13.4. The lowest BCUT2D eigenvalue weighted by molar-refractivity contribution is 0.203. The Balaban J connectivity index is 1.55. The smallest absolute Gasteiger partial charge is 0.0113 e. The number of thiophene rings is 1. The van der Waals surface area contributed by atoms with Crippen LogP contribution in [0.3, 0.4) is 0 Å². The lowest BCUT2D eigenvalue weighted by atomic mass is 9.79.